The van der Waals surface area contributed by atoms with Crippen molar-refractivity contribution < 1.29 is 28.6 Å². The molecule has 0 saturated carbocycles. The fraction of sp³-hybridized carbons (Fsp3) is 0.720. The summed E-state index contributed by atoms with van der Waals surface area (Å²) < 4.78 is 17.0. The molecular weight excluding hydrogens is 997 g/mol. The lowest BCUT2D eigenvalue weighted by Crippen LogP contribution is -2.30. The molecule has 0 aromatic rings. The van der Waals surface area contributed by atoms with Gasteiger partial charge in [0, 0.05) is 19.3 Å². The lowest BCUT2D eigenvalue weighted by molar-refractivity contribution is -0.167. The van der Waals surface area contributed by atoms with Gasteiger partial charge in [-0.2, -0.15) is 0 Å². The van der Waals surface area contributed by atoms with Crippen LogP contribution >= 0.6 is 0 Å². The van der Waals surface area contributed by atoms with Gasteiger partial charge in [0.15, 0.2) is 6.10 Å². The Labute approximate surface area is 501 Å². The number of hydrogen-bond acceptors (Lipinski definition) is 6. The Bertz CT molecular complexity index is 1620. The SMILES string of the molecule is CC/C=C\C/C=C\C/C=C\C/C=C\CCCCCCCCCCCCCCC(=O)OCC(COC(=O)CCCCCCCCC/C=C\C/C=C\CCCCC)OC(=O)CCCCCCCC/C=C\C/C=C\C/C=C\CCCCCCC. The molecule has 0 amide bonds. The Morgan fingerprint density at radius 1 is 0.259 bits per heavy atom. The van der Waals surface area contributed by atoms with E-state index in [-0.39, 0.29) is 31.1 Å². The van der Waals surface area contributed by atoms with E-state index in [0.29, 0.717) is 19.3 Å². The molecule has 0 spiro atoms. The third-order valence-electron chi connectivity index (χ3n) is 14.7. The van der Waals surface area contributed by atoms with Crippen LogP contribution < -0.4 is 0 Å². The molecule has 0 heterocycles. The van der Waals surface area contributed by atoms with Crippen LogP contribution in [0.2, 0.25) is 0 Å². The highest BCUT2D eigenvalue weighted by Crippen LogP contribution is 2.16. The number of hydrogen-bond donors (Lipinski definition) is 0. The van der Waals surface area contributed by atoms with Crippen LogP contribution in [-0.4, -0.2) is 37.2 Å². The van der Waals surface area contributed by atoms with Gasteiger partial charge in [-0.05, 0) is 128 Å². The van der Waals surface area contributed by atoms with Crippen LogP contribution in [0.25, 0.3) is 0 Å². The number of esters is 3. The average Bonchev–Trinajstić information content (AvgIpc) is 3.47. The van der Waals surface area contributed by atoms with Gasteiger partial charge in [0.1, 0.15) is 13.2 Å². The maximum atomic E-state index is 13.0. The fourth-order valence-corrected chi connectivity index (χ4v) is 9.59. The van der Waals surface area contributed by atoms with Crippen molar-refractivity contribution in [2.45, 2.75) is 335 Å². The van der Waals surface area contributed by atoms with Crippen molar-refractivity contribution in [2.24, 2.45) is 0 Å². The Balaban J connectivity index is 4.39. The molecule has 0 aliphatic rings. The van der Waals surface area contributed by atoms with E-state index in [2.05, 4.69) is 130 Å². The van der Waals surface area contributed by atoms with Gasteiger partial charge in [0.25, 0.3) is 0 Å². The summed E-state index contributed by atoms with van der Waals surface area (Å²) in [5.74, 6) is -0.897. The standard InChI is InChI=1S/C75H128O6/c1-4-7-10-13-16-19-22-25-28-31-33-35-36-37-38-40-41-44-47-50-53-56-59-62-65-68-74(77)80-71-72(70-79-73(76)67-64-61-58-55-52-49-46-43-30-27-24-21-18-15-12-9-6-3)81-75(78)69-66-63-60-57-54-51-48-45-42-39-34-32-29-26-23-20-17-14-11-8-5-2/h7,10,16,18-19,21,23,25-28,30,32-35,42,45,72H,4-6,8-9,11-15,17,20,22,24,29,31,36-41,43-44,46-71H2,1-3H3/b10-7-,19-16-,21-18-,26-23-,28-25-,30-27-,34-32-,35-33-,45-42-. The second-order valence-electron chi connectivity index (χ2n) is 22.7. The molecular formula is C75H128O6. The highest BCUT2D eigenvalue weighted by molar-refractivity contribution is 5.71. The average molecular weight is 1130 g/mol. The predicted octanol–water partition coefficient (Wildman–Crippen LogP) is 23.8. The summed E-state index contributed by atoms with van der Waals surface area (Å²) in [5.41, 5.74) is 0. The Hall–Kier alpha value is -3.93. The van der Waals surface area contributed by atoms with Crippen molar-refractivity contribution in [3.8, 4) is 0 Å². The molecule has 0 aliphatic carbocycles. The molecule has 0 aromatic heterocycles. The van der Waals surface area contributed by atoms with E-state index in [0.717, 1.165) is 122 Å². The highest BCUT2D eigenvalue weighted by Gasteiger charge is 2.19. The number of allylic oxidation sites excluding steroid dienone is 18. The summed E-state index contributed by atoms with van der Waals surface area (Å²) in [6.45, 7) is 6.51. The summed E-state index contributed by atoms with van der Waals surface area (Å²) in [6, 6.07) is 0. The number of carbonyl (C=O) groups excluding carboxylic acids is 3. The normalized spacial score (nSPS) is 12.8. The van der Waals surface area contributed by atoms with Gasteiger partial charge >= 0.3 is 17.9 Å². The second kappa shape index (κ2) is 68.6. The summed E-state index contributed by atoms with van der Waals surface area (Å²) >= 11 is 0. The maximum Gasteiger partial charge on any atom is 0.306 e. The maximum absolute atomic E-state index is 13.0. The summed E-state index contributed by atoms with van der Waals surface area (Å²) in [5, 5.41) is 0. The highest BCUT2D eigenvalue weighted by atomic mass is 16.6. The molecule has 6 heteroatoms. The van der Waals surface area contributed by atoms with Crippen LogP contribution in [0, 0.1) is 0 Å². The van der Waals surface area contributed by atoms with Crippen LogP contribution in [0.3, 0.4) is 0 Å². The topological polar surface area (TPSA) is 78.9 Å². The van der Waals surface area contributed by atoms with Crippen LogP contribution in [0.15, 0.2) is 109 Å². The van der Waals surface area contributed by atoms with Crippen LogP contribution in [-0.2, 0) is 28.6 Å². The van der Waals surface area contributed by atoms with Gasteiger partial charge in [-0.25, -0.2) is 0 Å². The zero-order chi connectivity index (χ0) is 58.5. The van der Waals surface area contributed by atoms with Crippen molar-refractivity contribution in [1.29, 1.82) is 0 Å². The molecule has 0 rings (SSSR count). The Morgan fingerprint density at radius 3 is 0.778 bits per heavy atom. The molecule has 464 valence electrons. The molecule has 0 bridgehead atoms. The number of carbonyl (C=O) groups is 3. The van der Waals surface area contributed by atoms with E-state index < -0.39 is 6.10 Å². The van der Waals surface area contributed by atoms with Gasteiger partial charge in [-0.1, -0.05) is 291 Å². The van der Waals surface area contributed by atoms with Gasteiger partial charge < -0.3 is 14.2 Å². The number of ether oxygens (including phenoxy) is 3. The van der Waals surface area contributed by atoms with Crippen LogP contribution in [0.5, 0.6) is 0 Å². The zero-order valence-electron chi connectivity index (χ0n) is 53.3. The van der Waals surface area contributed by atoms with Gasteiger partial charge in [0.2, 0.25) is 0 Å². The second-order valence-corrected chi connectivity index (χ2v) is 22.7. The monoisotopic (exact) mass is 1120 g/mol. The third kappa shape index (κ3) is 66.8. The zero-order valence-corrected chi connectivity index (χ0v) is 53.3. The van der Waals surface area contributed by atoms with Gasteiger partial charge in [0.05, 0.1) is 0 Å². The minimum atomic E-state index is -0.793. The summed E-state index contributed by atoms with van der Waals surface area (Å²) in [4.78, 5) is 38.5. The number of rotatable bonds is 62. The minimum Gasteiger partial charge on any atom is -0.462 e. The molecule has 0 fully saturated rings. The van der Waals surface area contributed by atoms with Crippen molar-refractivity contribution in [3.63, 3.8) is 0 Å². The summed E-state index contributed by atoms with van der Waals surface area (Å²) in [7, 11) is 0. The first-order chi connectivity index (χ1) is 40.0. The smallest absolute Gasteiger partial charge is 0.306 e. The molecule has 0 aliphatic heterocycles. The molecule has 0 saturated heterocycles. The van der Waals surface area contributed by atoms with E-state index in [1.807, 2.05) is 0 Å². The predicted molar refractivity (Wildman–Crippen MR) is 353 cm³/mol. The van der Waals surface area contributed by atoms with Crippen LogP contribution in [0.1, 0.15) is 329 Å². The molecule has 6 nitrogen and oxygen atoms in total. The van der Waals surface area contributed by atoms with Crippen LogP contribution in [0.4, 0.5) is 0 Å². The lowest BCUT2D eigenvalue weighted by Gasteiger charge is -2.18. The van der Waals surface area contributed by atoms with E-state index in [1.54, 1.807) is 0 Å². The van der Waals surface area contributed by atoms with Crippen molar-refractivity contribution in [1.82, 2.24) is 0 Å². The molecule has 0 radical (unpaired) electrons. The first-order valence-corrected chi connectivity index (χ1v) is 34.4. The molecule has 1 unspecified atom stereocenters. The third-order valence-corrected chi connectivity index (χ3v) is 14.7. The number of unbranched alkanes of at least 4 members (excludes halogenated alkanes) is 33. The van der Waals surface area contributed by atoms with E-state index in [9.17, 15) is 14.4 Å². The largest absolute Gasteiger partial charge is 0.462 e. The molecule has 0 N–H and O–H groups in total. The van der Waals surface area contributed by atoms with E-state index >= 15 is 0 Å². The van der Waals surface area contributed by atoms with Gasteiger partial charge in [-0.3, -0.25) is 14.4 Å². The van der Waals surface area contributed by atoms with E-state index in [4.69, 9.17) is 14.2 Å². The van der Waals surface area contributed by atoms with E-state index in [1.165, 1.54) is 167 Å². The molecule has 81 heavy (non-hydrogen) atoms. The lowest BCUT2D eigenvalue weighted by atomic mass is 10.0. The summed E-state index contributed by atoms with van der Waals surface area (Å²) in [6.07, 6.45) is 93.8. The van der Waals surface area contributed by atoms with Gasteiger partial charge in [-0.15, -0.1) is 0 Å². The molecule has 0 aromatic carbocycles. The quantitative estimate of drug-likeness (QED) is 0.0261. The van der Waals surface area contributed by atoms with Crippen molar-refractivity contribution in [2.75, 3.05) is 13.2 Å². The Morgan fingerprint density at radius 2 is 0.481 bits per heavy atom. The minimum absolute atomic E-state index is 0.0868. The fourth-order valence-electron chi connectivity index (χ4n) is 9.59. The first-order valence-electron chi connectivity index (χ1n) is 34.4. The van der Waals surface area contributed by atoms with Crippen molar-refractivity contribution in [3.05, 3.63) is 109 Å². The Kier molecular flexibility index (Phi) is 65.2. The van der Waals surface area contributed by atoms with Crippen molar-refractivity contribution >= 4 is 17.9 Å². The first kappa shape index (κ1) is 77.1. The molecule has 1 atom stereocenters.